The molecule has 0 saturated carbocycles. The standard InChI is InChI=1S/C15H22N2O2/c1-11(2)10-19-14-6-5-12(16)9-13(14)15(18)17-7-3-4-8-17/h5-6,9,11H,3-4,7-8,10,16H2,1-2H3. The van der Waals surface area contributed by atoms with Crippen LogP contribution in [0.25, 0.3) is 0 Å². The highest BCUT2D eigenvalue weighted by Gasteiger charge is 2.22. The first-order chi connectivity index (χ1) is 9.08. The zero-order valence-corrected chi connectivity index (χ0v) is 11.7. The van der Waals surface area contributed by atoms with Crippen LogP contribution < -0.4 is 10.5 Å². The molecule has 0 atom stereocenters. The quantitative estimate of drug-likeness (QED) is 0.848. The maximum Gasteiger partial charge on any atom is 0.257 e. The van der Waals surface area contributed by atoms with Gasteiger partial charge in [-0.25, -0.2) is 0 Å². The molecule has 0 radical (unpaired) electrons. The van der Waals surface area contributed by atoms with Crippen molar-refractivity contribution in [2.24, 2.45) is 5.92 Å². The van der Waals surface area contributed by atoms with Crippen LogP contribution in [-0.2, 0) is 0 Å². The van der Waals surface area contributed by atoms with Crippen LogP contribution in [0.5, 0.6) is 5.75 Å². The maximum absolute atomic E-state index is 12.5. The minimum Gasteiger partial charge on any atom is -0.492 e. The van der Waals surface area contributed by atoms with E-state index in [1.165, 1.54) is 0 Å². The minimum absolute atomic E-state index is 0.0311. The van der Waals surface area contributed by atoms with Crippen molar-refractivity contribution in [3.05, 3.63) is 23.8 Å². The zero-order chi connectivity index (χ0) is 13.8. The van der Waals surface area contributed by atoms with E-state index in [9.17, 15) is 4.79 Å². The fourth-order valence-electron chi connectivity index (χ4n) is 2.19. The summed E-state index contributed by atoms with van der Waals surface area (Å²) in [7, 11) is 0. The average molecular weight is 262 g/mol. The number of ether oxygens (including phenoxy) is 1. The van der Waals surface area contributed by atoms with Crippen molar-refractivity contribution in [3.8, 4) is 5.75 Å². The molecule has 2 rings (SSSR count). The summed E-state index contributed by atoms with van der Waals surface area (Å²) in [6.07, 6.45) is 2.16. The molecule has 2 N–H and O–H groups in total. The number of amides is 1. The van der Waals surface area contributed by atoms with Gasteiger partial charge in [-0.15, -0.1) is 0 Å². The number of anilines is 1. The molecule has 1 aromatic rings. The molecule has 1 saturated heterocycles. The van der Waals surface area contributed by atoms with Crippen LogP contribution in [0.3, 0.4) is 0 Å². The van der Waals surface area contributed by atoms with Crippen LogP contribution in [0.15, 0.2) is 18.2 Å². The number of hydrogen-bond acceptors (Lipinski definition) is 3. The predicted octanol–water partition coefficient (Wildman–Crippen LogP) is 2.54. The smallest absolute Gasteiger partial charge is 0.257 e. The van der Waals surface area contributed by atoms with Gasteiger partial charge in [-0.1, -0.05) is 13.8 Å². The van der Waals surface area contributed by atoms with E-state index >= 15 is 0 Å². The third kappa shape index (κ3) is 3.40. The number of likely N-dealkylation sites (tertiary alicyclic amines) is 1. The van der Waals surface area contributed by atoms with Crippen molar-refractivity contribution >= 4 is 11.6 Å². The molecule has 104 valence electrons. The Hall–Kier alpha value is -1.71. The molecule has 4 heteroatoms. The number of carbonyl (C=O) groups excluding carboxylic acids is 1. The fourth-order valence-corrected chi connectivity index (χ4v) is 2.19. The molecule has 0 unspecified atom stereocenters. The van der Waals surface area contributed by atoms with Crippen molar-refractivity contribution in [3.63, 3.8) is 0 Å². The summed E-state index contributed by atoms with van der Waals surface area (Å²) >= 11 is 0. The lowest BCUT2D eigenvalue weighted by atomic mass is 10.1. The molecular formula is C15H22N2O2. The molecule has 0 spiro atoms. The molecule has 1 heterocycles. The summed E-state index contributed by atoms with van der Waals surface area (Å²) in [4.78, 5) is 14.3. The van der Waals surface area contributed by atoms with E-state index in [1.54, 1.807) is 18.2 Å². The molecule has 1 amide bonds. The summed E-state index contributed by atoms with van der Waals surface area (Å²) < 4.78 is 5.73. The van der Waals surface area contributed by atoms with Crippen LogP contribution in [-0.4, -0.2) is 30.5 Å². The first-order valence-electron chi connectivity index (χ1n) is 6.89. The van der Waals surface area contributed by atoms with Gasteiger partial charge >= 0.3 is 0 Å². The Morgan fingerprint density at radius 2 is 2.05 bits per heavy atom. The SMILES string of the molecule is CC(C)COc1ccc(N)cc1C(=O)N1CCCC1. The van der Waals surface area contributed by atoms with Gasteiger partial charge in [0.15, 0.2) is 0 Å². The lowest BCUT2D eigenvalue weighted by molar-refractivity contribution is 0.0787. The summed E-state index contributed by atoms with van der Waals surface area (Å²) in [5.41, 5.74) is 6.98. The summed E-state index contributed by atoms with van der Waals surface area (Å²) in [6, 6.07) is 5.29. The lowest BCUT2D eigenvalue weighted by Gasteiger charge is -2.19. The number of hydrogen-bond donors (Lipinski definition) is 1. The van der Waals surface area contributed by atoms with Crippen LogP contribution >= 0.6 is 0 Å². The number of benzene rings is 1. The van der Waals surface area contributed by atoms with Gasteiger partial charge in [0, 0.05) is 18.8 Å². The Bertz CT molecular complexity index is 451. The number of nitrogens with two attached hydrogens (primary N) is 1. The van der Waals surface area contributed by atoms with Crippen LogP contribution in [0.2, 0.25) is 0 Å². The van der Waals surface area contributed by atoms with Gasteiger partial charge in [-0.05, 0) is 37.0 Å². The lowest BCUT2D eigenvalue weighted by Crippen LogP contribution is -2.28. The zero-order valence-electron chi connectivity index (χ0n) is 11.7. The highest BCUT2D eigenvalue weighted by atomic mass is 16.5. The molecule has 4 nitrogen and oxygen atoms in total. The van der Waals surface area contributed by atoms with Crippen molar-refractivity contribution in [1.29, 1.82) is 0 Å². The Morgan fingerprint density at radius 1 is 1.37 bits per heavy atom. The Kier molecular flexibility index (Phi) is 4.30. The largest absolute Gasteiger partial charge is 0.492 e. The van der Waals surface area contributed by atoms with Gasteiger partial charge in [0.05, 0.1) is 12.2 Å². The van der Waals surface area contributed by atoms with E-state index in [2.05, 4.69) is 13.8 Å². The highest BCUT2D eigenvalue weighted by molar-refractivity contribution is 5.98. The summed E-state index contributed by atoms with van der Waals surface area (Å²) in [6.45, 7) is 6.43. The van der Waals surface area contributed by atoms with Crippen molar-refractivity contribution in [2.75, 3.05) is 25.4 Å². The van der Waals surface area contributed by atoms with Crippen molar-refractivity contribution in [1.82, 2.24) is 4.90 Å². The van der Waals surface area contributed by atoms with Gasteiger partial charge in [-0.3, -0.25) is 4.79 Å². The van der Waals surface area contributed by atoms with Gasteiger partial charge in [0.1, 0.15) is 5.75 Å². The number of rotatable bonds is 4. The van der Waals surface area contributed by atoms with Gasteiger partial charge < -0.3 is 15.4 Å². The Labute approximate surface area is 114 Å². The predicted molar refractivity (Wildman–Crippen MR) is 76.3 cm³/mol. The number of nitrogens with zero attached hydrogens (tertiary/aromatic N) is 1. The molecule has 0 aliphatic carbocycles. The average Bonchev–Trinajstić information content (AvgIpc) is 2.90. The van der Waals surface area contributed by atoms with E-state index < -0.39 is 0 Å². The van der Waals surface area contributed by atoms with E-state index in [1.807, 2.05) is 4.90 Å². The topological polar surface area (TPSA) is 55.6 Å². The van der Waals surface area contributed by atoms with Crippen LogP contribution in [0, 0.1) is 5.92 Å². The van der Waals surface area contributed by atoms with E-state index in [-0.39, 0.29) is 5.91 Å². The Balaban J connectivity index is 2.20. The van der Waals surface area contributed by atoms with Crippen molar-refractivity contribution in [2.45, 2.75) is 26.7 Å². The van der Waals surface area contributed by atoms with Gasteiger partial charge in [0.2, 0.25) is 0 Å². The van der Waals surface area contributed by atoms with Gasteiger partial charge in [0.25, 0.3) is 5.91 Å². The summed E-state index contributed by atoms with van der Waals surface area (Å²) in [5, 5.41) is 0. The van der Waals surface area contributed by atoms with Crippen molar-refractivity contribution < 1.29 is 9.53 Å². The van der Waals surface area contributed by atoms with Crippen LogP contribution in [0.1, 0.15) is 37.0 Å². The molecule has 1 aromatic carbocycles. The fraction of sp³-hybridized carbons (Fsp3) is 0.533. The molecule has 19 heavy (non-hydrogen) atoms. The Morgan fingerprint density at radius 3 is 2.68 bits per heavy atom. The first-order valence-corrected chi connectivity index (χ1v) is 6.89. The maximum atomic E-state index is 12.5. The molecule has 1 fully saturated rings. The van der Waals surface area contributed by atoms with E-state index in [0.29, 0.717) is 29.5 Å². The third-order valence-corrected chi connectivity index (χ3v) is 3.20. The molecule has 0 bridgehead atoms. The minimum atomic E-state index is 0.0311. The molecule has 0 aromatic heterocycles. The van der Waals surface area contributed by atoms with E-state index in [0.717, 1.165) is 25.9 Å². The monoisotopic (exact) mass is 262 g/mol. The van der Waals surface area contributed by atoms with E-state index in [4.69, 9.17) is 10.5 Å². The second-order valence-corrected chi connectivity index (χ2v) is 5.46. The second-order valence-electron chi connectivity index (χ2n) is 5.46. The normalized spacial score (nSPS) is 15.0. The van der Waals surface area contributed by atoms with Gasteiger partial charge in [-0.2, -0.15) is 0 Å². The number of nitrogen functional groups attached to an aromatic ring is 1. The number of carbonyl (C=O) groups is 1. The van der Waals surface area contributed by atoms with Crippen LogP contribution in [0.4, 0.5) is 5.69 Å². The molecule has 1 aliphatic rings. The second kappa shape index (κ2) is 5.95. The third-order valence-electron chi connectivity index (χ3n) is 3.20. The highest BCUT2D eigenvalue weighted by Crippen LogP contribution is 2.25. The molecular weight excluding hydrogens is 240 g/mol. The first kappa shape index (κ1) is 13.7. The molecule has 1 aliphatic heterocycles. The summed E-state index contributed by atoms with van der Waals surface area (Å²) in [5.74, 6) is 1.09.